The first kappa shape index (κ1) is 8.49. The third-order valence-electron chi connectivity index (χ3n) is 1.75. The van der Waals surface area contributed by atoms with Crippen LogP contribution < -0.4 is 0 Å². The van der Waals surface area contributed by atoms with Crippen molar-refractivity contribution >= 4 is 16.6 Å². The Kier molecular flexibility index (Phi) is 1.81. The number of nitrogens with zero attached hydrogens (tertiary/aromatic N) is 3. The molecule has 0 aliphatic rings. The van der Waals surface area contributed by atoms with Crippen molar-refractivity contribution in [1.29, 1.82) is 0 Å². The number of fused-ring (bicyclic) bond motifs is 1. The van der Waals surface area contributed by atoms with Crippen LogP contribution in [0.25, 0.3) is 10.9 Å². The molecular weight excluding hydrogens is 189 g/mol. The maximum absolute atomic E-state index is 12.6. The van der Waals surface area contributed by atoms with Gasteiger partial charge in [0.15, 0.2) is 0 Å². The number of benzene rings is 1. The summed E-state index contributed by atoms with van der Waals surface area (Å²) in [5.41, 5.74) is 0.113. The van der Waals surface area contributed by atoms with Crippen molar-refractivity contribution in [2.45, 2.75) is 0 Å². The molecular formula is C8H4FN3O2. The van der Waals surface area contributed by atoms with Crippen LogP contribution >= 0.6 is 0 Å². The number of nitro benzene ring substituents is 1. The molecule has 0 bridgehead atoms. The summed E-state index contributed by atoms with van der Waals surface area (Å²) in [7, 11) is 0. The highest BCUT2D eigenvalue weighted by molar-refractivity contribution is 5.79. The lowest BCUT2D eigenvalue weighted by molar-refractivity contribution is -0.384. The van der Waals surface area contributed by atoms with Gasteiger partial charge in [-0.05, 0) is 6.07 Å². The zero-order valence-electron chi connectivity index (χ0n) is 6.85. The molecule has 6 heteroatoms. The van der Waals surface area contributed by atoms with Crippen LogP contribution in [0.4, 0.5) is 10.1 Å². The summed E-state index contributed by atoms with van der Waals surface area (Å²) < 4.78 is 12.6. The van der Waals surface area contributed by atoms with Gasteiger partial charge in [-0.15, -0.1) is 0 Å². The predicted octanol–water partition coefficient (Wildman–Crippen LogP) is 1.68. The first-order chi connectivity index (χ1) is 6.66. The molecule has 0 saturated carbocycles. The van der Waals surface area contributed by atoms with E-state index in [0.717, 1.165) is 0 Å². The van der Waals surface area contributed by atoms with Gasteiger partial charge >= 0.3 is 6.08 Å². The van der Waals surface area contributed by atoms with Crippen LogP contribution in [0, 0.1) is 16.2 Å². The van der Waals surface area contributed by atoms with Gasteiger partial charge in [-0.25, -0.2) is 9.97 Å². The number of non-ortho nitro benzene ring substituents is 1. The summed E-state index contributed by atoms with van der Waals surface area (Å²) >= 11 is 0. The summed E-state index contributed by atoms with van der Waals surface area (Å²) in [6, 6.07) is 4.01. The molecule has 0 aliphatic carbocycles. The van der Waals surface area contributed by atoms with Crippen LogP contribution in [-0.4, -0.2) is 14.9 Å². The topological polar surface area (TPSA) is 68.9 Å². The average molecular weight is 193 g/mol. The Balaban J connectivity index is 2.69. The minimum Gasteiger partial charge on any atom is -0.258 e. The SMILES string of the molecule is O=[N+]([O-])c1ccc2cnc(F)nc2c1. The van der Waals surface area contributed by atoms with Gasteiger partial charge in [0.2, 0.25) is 0 Å². The summed E-state index contributed by atoms with van der Waals surface area (Å²) in [6.45, 7) is 0. The molecule has 0 spiro atoms. The van der Waals surface area contributed by atoms with E-state index in [1.54, 1.807) is 0 Å². The molecule has 70 valence electrons. The first-order valence-corrected chi connectivity index (χ1v) is 3.73. The summed E-state index contributed by atoms with van der Waals surface area (Å²) in [6.07, 6.45) is 0.388. The molecule has 2 aromatic rings. The van der Waals surface area contributed by atoms with Gasteiger partial charge in [-0.2, -0.15) is 4.39 Å². The lowest BCUT2D eigenvalue weighted by Gasteiger charge is -1.95. The zero-order valence-corrected chi connectivity index (χ0v) is 6.85. The van der Waals surface area contributed by atoms with Crippen LogP contribution in [0.3, 0.4) is 0 Å². The number of rotatable bonds is 1. The molecule has 0 saturated heterocycles. The molecule has 5 nitrogen and oxygen atoms in total. The Morgan fingerprint density at radius 2 is 2.21 bits per heavy atom. The Morgan fingerprint density at radius 3 is 2.93 bits per heavy atom. The Morgan fingerprint density at radius 1 is 1.43 bits per heavy atom. The maximum atomic E-state index is 12.6. The van der Waals surface area contributed by atoms with E-state index in [2.05, 4.69) is 9.97 Å². The number of nitro groups is 1. The van der Waals surface area contributed by atoms with Crippen molar-refractivity contribution < 1.29 is 9.31 Å². The largest absolute Gasteiger partial charge is 0.309 e. The molecule has 0 amide bonds. The molecule has 2 rings (SSSR count). The van der Waals surface area contributed by atoms with Crippen molar-refractivity contribution in [2.24, 2.45) is 0 Å². The molecule has 0 N–H and O–H groups in total. The van der Waals surface area contributed by atoms with Crippen LogP contribution in [0.1, 0.15) is 0 Å². The van der Waals surface area contributed by atoms with Gasteiger partial charge < -0.3 is 0 Å². The third-order valence-corrected chi connectivity index (χ3v) is 1.75. The van der Waals surface area contributed by atoms with Crippen LogP contribution in [-0.2, 0) is 0 Å². The van der Waals surface area contributed by atoms with Crippen molar-refractivity contribution in [3.8, 4) is 0 Å². The molecule has 1 heterocycles. The highest BCUT2D eigenvalue weighted by atomic mass is 19.1. The smallest absolute Gasteiger partial charge is 0.258 e. The van der Waals surface area contributed by atoms with E-state index in [9.17, 15) is 14.5 Å². The second kappa shape index (κ2) is 2.99. The zero-order chi connectivity index (χ0) is 10.1. The summed E-state index contributed by atoms with van der Waals surface area (Å²) in [5.74, 6) is 0. The minimum atomic E-state index is -0.891. The predicted molar refractivity (Wildman–Crippen MR) is 46.2 cm³/mol. The van der Waals surface area contributed by atoms with Gasteiger partial charge in [0.1, 0.15) is 0 Å². The van der Waals surface area contributed by atoms with E-state index in [1.807, 2.05) is 0 Å². The summed E-state index contributed by atoms with van der Waals surface area (Å²) in [5, 5.41) is 11.0. The average Bonchev–Trinajstić information content (AvgIpc) is 2.16. The number of halogens is 1. The van der Waals surface area contributed by atoms with E-state index in [0.29, 0.717) is 5.39 Å². The fraction of sp³-hybridized carbons (Fsp3) is 0. The first-order valence-electron chi connectivity index (χ1n) is 3.73. The molecule has 0 atom stereocenters. The summed E-state index contributed by atoms with van der Waals surface area (Å²) in [4.78, 5) is 16.6. The Bertz CT molecular complexity index is 515. The number of aromatic nitrogens is 2. The molecule has 0 aliphatic heterocycles. The Hall–Kier alpha value is -2.11. The Labute approximate surface area is 77.4 Å². The number of hydrogen-bond acceptors (Lipinski definition) is 4. The quantitative estimate of drug-likeness (QED) is 0.392. The van der Waals surface area contributed by atoms with Crippen LogP contribution in [0.2, 0.25) is 0 Å². The third kappa shape index (κ3) is 1.37. The highest BCUT2D eigenvalue weighted by Crippen LogP contribution is 2.18. The van der Waals surface area contributed by atoms with Gasteiger partial charge in [0.25, 0.3) is 5.69 Å². The highest BCUT2D eigenvalue weighted by Gasteiger charge is 2.07. The lowest BCUT2D eigenvalue weighted by atomic mass is 10.2. The van der Waals surface area contributed by atoms with Crippen molar-refractivity contribution in [3.63, 3.8) is 0 Å². The van der Waals surface area contributed by atoms with E-state index in [4.69, 9.17) is 0 Å². The van der Waals surface area contributed by atoms with Crippen LogP contribution in [0.5, 0.6) is 0 Å². The van der Waals surface area contributed by atoms with Crippen molar-refractivity contribution in [2.75, 3.05) is 0 Å². The van der Waals surface area contributed by atoms with Crippen LogP contribution in [0.15, 0.2) is 24.4 Å². The molecule has 1 aromatic heterocycles. The number of hydrogen-bond donors (Lipinski definition) is 0. The van der Waals surface area contributed by atoms with Gasteiger partial charge in [0.05, 0.1) is 10.4 Å². The van der Waals surface area contributed by atoms with E-state index < -0.39 is 11.0 Å². The van der Waals surface area contributed by atoms with Crippen molar-refractivity contribution in [3.05, 3.63) is 40.6 Å². The second-order valence-corrected chi connectivity index (χ2v) is 2.64. The standard InChI is InChI=1S/C8H4FN3O2/c9-8-10-4-5-1-2-6(12(13)14)3-7(5)11-8/h1-4H. The van der Waals surface area contributed by atoms with Crippen molar-refractivity contribution in [1.82, 2.24) is 9.97 Å². The molecule has 14 heavy (non-hydrogen) atoms. The van der Waals surface area contributed by atoms with E-state index in [-0.39, 0.29) is 11.2 Å². The van der Waals surface area contributed by atoms with Gasteiger partial charge in [-0.3, -0.25) is 10.1 Å². The molecule has 1 aromatic carbocycles. The molecule has 0 unspecified atom stereocenters. The lowest BCUT2D eigenvalue weighted by Crippen LogP contribution is -1.91. The second-order valence-electron chi connectivity index (χ2n) is 2.64. The maximum Gasteiger partial charge on any atom is 0.309 e. The van der Waals surface area contributed by atoms with Gasteiger partial charge in [0, 0.05) is 23.7 Å². The van der Waals surface area contributed by atoms with E-state index >= 15 is 0 Å². The van der Waals surface area contributed by atoms with Gasteiger partial charge in [-0.1, -0.05) is 0 Å². The fourth-order valence-electron chi connectivity index (χ4n) is 1.10. The minimum absolute atomic E-state index is 0.115. The molecule has 0 radical (unpaired) electrons. The normalized spacial score (nSPS) is 10.4. The fourth-order valence-corrected chi connectivity index (χ4v) is 1.10. The van der Waals surface area contributed by atoms with E-state index in [1.165, 1.54) is 24.4 Å². The monoisotopic (exact) mass is 193 g/mol. The molecule has 0 fully saturated rings.